The summed E-state index contributed by atoms with van der Waals surface area (Å²) >= 11 is 7.24. The second kappa shape index (κ2) is 6.58. The lowest BCUT2D eigenvalue weighted by Gasteiger charge is -2.01. The van der Waals surface area contributed by atoms with Gasteiger partial charge in [-0.25, -0.2) is 4.98 Å². The monoisotopic (exact) mass is 296 g/mol. The fourth-order valence-electron chi connectivity index (χ4n) is 1.45. The van der Waals surface area contributed by atoms with Crippen LogP contribution in [0.3, 0.4) is 0 Å². The van der Waals surface area contributed by atoms with Crippen molar-refractivity contribution in [3.05, 3.63) is 34.1 Å². The number of amides is 1. The summed E-state index contributed by atoms with van der Waals surface area (Å²) in [7, 11) is 0. The van der Waals surface area contributed by atoms with Crippen molar-refractivity contribution in [2.24, 2.45) is 0 Å². The molecule has 1 amide bonds. The molecule has 2 aromatic rings. The second-order valence-corrected chi connectivity index (χ2v) is 5.32. The maximum absolute atomic E-state index is 12.0. The number of nitrogens with one attached hydrogen (secondary N) is 1. The molecular formula is C12H13ClN4OS. The maximum Gasteiger partial charge on any atom is 0.260 e. The van der Waals surface area contributed by atoms with Gasteiger partial charge in [0.15, 0.2) is 0 Å². The third-order valence-electron chi connectivity index (χ3n) is 2.44. The molecule has 100 valence electrons. The number of carbonyl (C=O) groups excluding carboxylic acids is 1. The summed E-state index contributed by atoms with van der Waals surface area (Å²) in [5, 5.41) is 12.2. The van der Waals surface area contributed by atoms with Crippen LogP contribution in [0.2, 0.25) is 5.15 Å². The van der Waals surface area contributed by atoms with Gasteiger partial charge in [-0.3, -0.25) is 10.1 Å². The lowest BCUT2D eigenvalue weighted by atomic mass is 10.3. The van der Waals surface area contributed by atoms with Gasteiger partial charge in [-0.2, -0.15) is 0 Å². The van der Waals surface area contributed by atoms with Crippen LogP contribution in [0.15, 0.2) is 18.3 Å². The smallest absolute Gasteiger partial charge is 0.260 e. The number of unbranched alkanes of at least 4 members (excludes halogenated alkanes) is 1. The summed E-state index contributed by atoms with van der Waals surface area (Å²) in [5.74, 6) is -0.323. The first kappa shape index (κ1) is 13.9. The summed E-state index contributed by atoms with van der Waals surface area (Å²) in [6, 6.07) is 3.28. The zero-order valence-corrected chi connectivity index (χ0v) is 12.0. The van der Waals surface area contributed by atoms with Gasteiger partial charge in [0.05, 0.1) is 5.56 Å². The van der Waals surface area contributed by atoms with E-state index in [9.17, 15) is 4.79 Å². The summed E-state index contributed by atoms with van der Waals surface area (Å²) in [6.07, 6.45) is 4.59. The van der Waals surface area contributed by atoms with E-state index in [1.807, 2.05) is 0 Å². The first-order valence-electron chi connectivity index (χ1n) is 5.95. The van der Waals surface area contributed by atoms with Crippen LogP contribution >= 0.6 is 22.9 Å². The Labute approximate surface area is 120 Å². The van der Waals surface area contributed by atoms with E-state index in [0.29, 0.717) is 10.7 Å². The molecule has 0 saturated heterocycles. The minimum Gasteiger partial charge on any atom is -0.296 e. The fraction of sp³-hybridized carbons (Fsp3) is 0.333. The van der Waals surface area contributed by atoms with E-state index in [1.165, 1.54) is 17.5 Å². The van der Waals surface area contributed by atoms with Crippen molar-refractivity contribution < 1.29 is 4.79 Å². The Morgan fingerprint density at radius 3 is 3.05 bits per heavy atom. The maximum atomic E-state index is 12.0. The zero-order chi connectivity index (χ0) is 13.7. The predicted octanol–water partition coefficient (Wildman–Crippen LogP) is 3.18. The van der Waals surface area contributed by atoms with Crippen LogP contribution in [-0.4, -0.2) is 21.1 Å². The minimum atomic E-state index is -0.323. The van der Waals surface area contributed by atoms with Gasteiger partial charge in [-0.1, -0.05) is 36.3 Å². The van der Waals surface area contributed by atoms with E-state index in [-0.39, 0.29) is 11.1 Å². The minimum absolute atomic E-state index is 0.177. The summed E-state index contributed by atoms with van der Waals surface area (Å²) in [5.41, 5.74) is 0.328. The molecule has 7 heteroatoms. The van der Waals surface area contributed by atoms with Crippen LogP contribution in [0, 0.1) is 0 Å². The van der Waals surface area contributed by atoms with E-state index in [2.05, 4.69) is 27.4 Å². The molecule has 0 bridgehead atoms. The molecule has 0 aromatic carbocycles. The van der Waals surface area contributed by atoms with Crippen LogP contribution in [0.1, 0.15) is 35.1 Å². The lowest BCUT2D eigenvalue weighted by molar-refractivity contribution is 0.102. The number of rotatable bonds is 5. The first-order valence-corrected chi connectivity index (χ1v) is 7.14. The van der Waals surface area contributed by atoms with Gasteiger partial charge in [0.1, 0.15) is 10.2 Å². The SMILES string of the molecule is CCCCc1nnc(NC(=O)c2cccnc2Cl)s1. The molecule has 0 aliphatic carbocycles. The van der Waals surface area contributed by atoms with Crippen molar-refractivity contribution in [3.8, 4) is 0 Å². The van der Waals surface area contributed by atoms with Gasteiger partial charge in [-0.05, 0) is 18.6 Å². The molecule has 0 fully saturated rings. The molecular weight excluding hydrogens is 284 g/mol. The van der Waals surface area contributed by atoms with Gasteiger partial charge >= 0.3 is 0 Å². The predicted molar refractivity (Wildman–Crippen MR) is 75.7 cm³/mol. The molecule has 0 saturated carbocycles. The third kappa shape index (κ3) is 3.71. The van der Waals surface area contributed by atoms with Crippen molar-refractivity contribution in [1.82, 2.24) is 15.2 Å². The van der Waals surface area contributed by atoms with Gasteiger partial charge in [0, 0.05) is 12.6 Å². The highest BCUT2D eigenvalue weighted by Gasteiger charge is 2.13. The highest BCUT2D eigenvalue weighted by Crippen LogP contribution is 2.19. The molecule has 2 rings (SSSR count). The molecule has 19 heavy (non-hydrogen) atoms. The van der Waals surface area contributed by atoms with Gasteiger partial charge in [0.2, 0.25) is 5.13 Å². The van der Waals surface area contributed by atoms with Gasteiger partial charge < -0.3 is 0 Å². The van der Waals surface area contributed by atoms with Crippen LogP contribution in [0.25, 0.3) is 0 Å². The Bertz CT molecular complexity index is 572. The highest BCUT2D eigenvalue weighted by atomic mass is 35.5. The van der Waals surface area contributed by atoms with Gasteiger partial charge in [-0.15, -0.1) is 10.2 Å². The molecule has 0 aliphatic rings. The molecule has 0 aliphatic heterocycles. The van der Waals surface area contributed by atoms with E-state index in [0.717, 1.165) is 24.3 Å². The fourth-order valence-corrected chi connectivity index (χ4v) is 2.43. The Morgan fingerprint density at radius 1 is 1.47 bits per heavy atom. The number of pyridine rings is 1. The number of aromatic nitrogens is 3. The molecule has 2 aromatic heterocycles. The highest BCUT2D eigenvalue weighted by molar-refractivity contribution is 7.15. The largest absolute Gasteiger partial charge is 0.296 e. The zero-order valence-electron chi connectivity index (χ0n) is 10.4. The third-order valence-corrected chi connectivity index (χ3v) is 3.63. The van der Waals surface area contributed by atoms with Crippen molar-refractivity contribution in [1.29, 1.82) is 0 Å². The second-order valence-electron chi connectivity index (χ2n) is 3.90. The standard InChI is InChI=1S/C12H13ClN4OS/c1-2-3-6-9-16-17-12(19-9)15-11(18)8-5-4-7-14-10(8)13/h4-5,7H,2-3,6H2,1H3,(H,15,17,18). The molecule has 0 atom stereocenters. The number of nitrogens with zero attached hydrogens (tertiary/aromatic N) is 3. The van der Waals surface area contributed by atoms with E-state index in [4.69, 9.17) is 11.6 Å². The molecule has 5 nitrogen and oxygen atoms in total. The number of halogens is 1. The normalized spacial score (nSPS) is 10.4. The summed E-state index contributed by atoms with van der Waals surface area (Å²) in [6.45, 7) is 2.12. The molecule has 0 unspecified atom stereocenters. The number of anilines is 1. The average Bonchev–Trinajstić information content (AvgIpc) is 2.84. The summed E-state index contributed by atoms with van der Waals surface area (Å²) < 4.78 is 0. The van der Waals surface area contributed by atoms with Crippen molar-refractivity contribution in [2.75, 3.05) is 5.32 Å². The van der Waals surface area contributed by atoms with Gasteiger partial charge in [0.25, 0.3) is 5.91 Å². The molecule has 0 spiro atoms. The van der Waals surface area contributed by atoms with Crippen molar-refractivity contribution >= 4 is 34.0 Å². The molecule has 2 heterocycles. The Kier molecular flexibility index (Phi) is 4.81. The Morgan fingerprint density at radius 2 is 2.32 bits per heavy atom. The number of aryl methyl sites for hydroxylation is 1. The number of hydrogen-bond donors (Lipinski definition) is 1. The quantitative estimate of drug-likeness (QED) is 0.861. The average molecular weight is 297 g/mol. The topological polar surface area (TPSA) is 67.8 Å². The van der Waals surface area contributed by atoms with E-state index >= 15 is 0 Å². The molecule has 0 radical (unpaired) electrons. The van der Waals surface area contributed by atoms with E-state index in [1.54, 1.807) is 12.1 Å². The van der Waals surface area contributed by atoms with E-state index < -0.39 is 0 Å². The van der Waals surface area contributed by atoms with Crippen molar-refractivity contribution in [2.45, 2.75) is 26.2 Å². The Balaban J connectivity index is 2.03. The Hall–Kier alpha value is -1.53. The summed E-state index contributed by atoms with van der Waals surface area (Å²) in [4.78, 5) is 15.8. The lowest BCUT2D eigenvalue weighted by Crippen LogP contribution is -2.12. The van der Waals surface area contributed by atoms with Crippen LogP contribution in [-0.2, 0) is 6.42 Å². The first-order chi connectivity index (χ1) is 9.20. The number of carbonyl (C=O) groups is 1. The van der Waals surface area contributed by atoms with Crippen LogP contribution < -0.4 is 5.32 Å². The van der Waals surface area contributed by atoms with Crippen LogP contribution in [0.4, 0.5) is 5.13 Å². The number of hydrogen-bond acceptors (Lipinski definition) is 5. The van der Waals surface area contributed by atoms with Crippen LogP contribution in [0.5, 0.6) is 0 Å². The molecule has 1 N–H and O–H groups in total. The van der Waals surface area contributed by atoms with Crippen molar-refractivity contribution in [3.63, 3.8) is 0 Å².